The molecule has 5 aromatic carbocycles. The first-order chi connectivity index (χ1) is 16.4. The molecule has 6 rings (SSSR count). The Labute approximate surface area is 202 Å². The van der Waals surface area contributed by atoms with Gasteiger partial charge < -0.3 is 4.74 Å². The number of hydrogen-bond acceptors (Lipinski definition) is 1. The molecular formula is C32H30OSi. The van der Waals surface area contributed by atoms with Gasteiger partial charge in [0.15, 0.2) is 0 Å². The molecule has 1 aliphatic carbocycles. The number of rotatable bonds is 3. The average molecular weight is 459 g/mol. The van der Waals surface area contributed by atoms with Crippen LogP contribution in [0, 0.1) is 0 Å². The van der Waals surface area contributed by atoms with Crippen molar-refractivity contribution in [3.05, 3.63) is 102 Å². The van der Waals surface area contributed by atoms with Crippen molar-refractivity contribution in [2.24, 2.45) is 0 Å². The van der Waals surface area contributed by atoms with E-state index in [0.29, 0.717) is 5.92 Å². The molecule has 1 unspecified atom stereocenters. The van der Waals surface area contributed by atoms with Gasteiger partial charge in [-0.25, -0.2) is 0 Å². The molecule has 1 nitrogen and oxygen atoms in total. The van der Waals surface area contributed by atoms with Crippen molar-refractivity contribution in [1.82, 2.24) is 0 Å². The van der Waals surface area contributed by atoms with Gasteiger partial charge in [-0.15, -0.1) is 0 Å². The minimum atomic E-state index is -1.32. The molecule has 0 saturated heterocycles. The molecule has 5 aromatic rings. The van der Waals surface area contributed by atoms with Crippen molar-refractivity contribution < 1.29 is 4.74 Å². The summed E-state index contributed by atoms with van der Waals surface area (Å²) in [5.41, 5.74) is 4.27. The van der Waals surface area contributed by atoms with E-state index in [-0.39, 0.29) is 0 Å². The molecule has 168 valence electrons. The van der Waals surface area contributed by atoms with Crippen molar-refractivity contribution in [3.8, 4) is 5.75 Å². The first-order valence-electron chi connectivity index (χ1n) is 12.2. The lowest BCUT2D eigenvalue weighted by Gasteiger charge is -2.25. The number of benzene rings is 5. The minimum Gasteiger partial charge on any atom is -0.496 e. The van der Waals surface area contributed by atoms with E-state index in [1.54, 1.807) is 7.11 Å². The summed E-state index contributed by atoms with van der Waals surface area (Å²) in [6.07, 6.45) is 5.83. The van der Waals surface area contributed by atoms with Gasteiger partial charge in [-0.1, -0.05) is 104 Å². The van der Waals surface area contributed by atoms with Crippen LogP contribution in [0.3, 0.4) is 0 Å². The van der Waals surface area contributed by atoms with E-state index in [4.69, 9.17) is 4.74 Å². The van der Waals surface area contributed by atoms with Gasteiger partial charge in [0, 0.05) is 11.3 Å². The summed E-state index contributed by atoms with van der Waals surface area (Å²) in [7, 11) is 0.447. The van der Waals surface area contributed by atoms with Crippen molar-refractivity contribution in [3.63, 3.8) is 0 Å². The van der Waals surface area contributed by atoms with E-state index in [0.717, 1.165) is 12.2 Å². The lowest BCUT2D eigenvalue weighted by atomic mass is 9.81. The summed E-state index contributed by atoms with van der Waals surface area (Å²) in [6.45, 7) is 7.26. The smallest absolute Gasteiger partial charge is 0.127 e. The molecule has 0 fully saturated rings. The van der Waals surface area contributed by atoms with Crippen LogP contribution in [0.4, 0.5) is 0 Å². The van der Waals surface area contributed by atoms with E-state index in [9.17, 15) is 0 Å². The van der Waals surface area contributed by atoms with Crippen molar-refractivity contribution >= 4 is 51.7 Å². The lowest BCUT2D eigenvalue weighted by Crippen LogP contribution is -2.37. The van der Waals surface area contributed by atoms with Crippen LogP contribution in [0.5, 0.6) is 5.75 Å². The first kappa shape index (κ1) is 21.2. The molecule has 0 amide bonds. The Morgan fingerprint density at radius 1 is 0.706 bits per heavy atom. The highest BCUT2D eigenvalue weighted by atomic mass is 28.3. The summed E-state index contributed by atoms with van der Waals surface area (Å²) in [6, 6.07) is 29.3. The van der Waals surface area contributed by atoms with Crippen molar-refractivity contribution in [2.75, 3.05) is 7.11 Å². The van der Waals surface area contributed by atoms with Crippen LogP contribution in [-0.2, 0) is 6.42 Å². The third-order valence-electron chi connectivity index (χ3n) is 7.46. The molecule has 0 N–H and O–H groups in total. The molecule has 0 radical (unpaired) electrons. The molecule has 34 heavy (non-hydrogen) atoms. The van der Waals surface area contributed by atoms with E-state index < -0.39 is 8.07 Å². The number of allylic oxidation sites excluding steroid dienone is 1. The summed E-state index contributed by atoms with van der Waals surface area (Å²) >= 11 is 0. The van der Waals surface area contributed by atoms with E-state index >= 15 is 0 Å². The summed E-state index contributed by atoms with van der Waals surface area (Å²) in [4.78, 5) is 0. The highest BCUT2D eigenvalue weighted by Gasteiger charge is 2.22. The normalized spacial score (nSPS) is 15.7. The van der Waals surface area contributed by atoms with Crippen LogP contribution in [0.2, 0.25) is 19.6 Å². The maximum atomic E-state index is 5.80. The predicted octanol–water partition coefficient (Wildman–Crippen LogP) is 8.05. The van der Waals surface area contributed by atoms with Gasteiger partial charge >= 0.3 is 0 Å². The Bertz CT molecular complexity index is 1600. The van der Waals surface area contributed by atoms with E-state index in [1.807, 2.05) is 0 Å². The van der Waals surface area contributed by atoms with Gasteiger partial charge in [0.05, 0.1) is 15.2 Å². The zero-order chi connectivity index (χ0) is 23.4. The Hall–Kier alpha value is -3.36. The highest BCUT2D eigenvalue weighted by molar-refractivity contribution is 6.88. The standard InChI is InChI=1S/C32H30OSi/c1-33-32-20-31-26-10-6-5-9-25(26)29(19-30(31)27-11-7-8-12-28(27)32)23-14-13-22-18-24(34(2,3)4)16-15-21(22)17-23/h5-16,18-20,23H,17H2,1-4H3. The third-order valence-corrected chi connectivity index (χ3v) is 9.50. The largest absolute Gasteiger partial charge is 0.496 e. The fraction of sp³-hybridized carbons (Fsp3) is 0.188. The zero-order valence-electron chi connectivity index (χ0n) is 20.4. The maximum Gasteiger partial charge on any atom is 0.127 e. The molecular weight excluding hydrogens is 428 g/mol. The van der Waals surface area contributed by atoms with Crippen LogP contribution < -0.4 is 9.92 Å². The molecule has 0 aromatic heterocycles. The fourth-order valence-electron chi connectivity index (χ4n) is 5.56. The van der Waals surface area contributed by atoms with Gasteiger partial charge in [-0.05, 0) is 62.2 Å². The number of methoxy groups -OCH3 is 1. The van der Waals surface area contributed by atoms with Crippen LogP contribution in [-0.4, -0.2) is 15.2 Å². The predicted molar refractivity (Wildman–Crippen MR) is 150 cm³/mol. The van der Waals surface area contributed by atoms with Crippen molar-refractivity contribution in [1.29, 1.82) is 0 Å². The minimum absolute atomic E-state index is 0.361. The molecule has 0 spiro atoms. The SMILES string of the molecule is COc1cc2c3ccccc3c(C3C=Cc4cc([Si](C)(C)C)ccc4C3)cc2c2ccccc12. The molecule has 0 aliphatic heterocycles. The first-order valence-corrected chi connectivity index (χ1v) is 15.7. The highest BCUT2D eigenvalue weighted by Crippen LogP contribution is 2.42. The van der Waals surface area contributed by atoms with Gasteiger partial charge in [0.1, 0.15) is 5.75 Å². The maximum absolute atomic E-state index is 5.80. The summed E-state index contributed by atoms with van der Waals surface area (Å²) in [5.74, 6) is 1.30. The quantitative estimate of drug-likeness (QED) is 0.196. The molecule has 1 atom stereocenters. The van der Waals surface area contributed by atoms with Crippen LogP contribution in [0.1, 0.15) is 22.6 Å². The fourth-order valence-corrected chi connectivity index (χ4v) is 6.73. The topological polar surface area (TPSA) is 9.23 Å². The van der Waals surface area contributed by atoms with Gasteiger partial charge in [0.2, 0.25) is 0 Å². The molecule has 1 aliphatic rings. The van der Waals surface area contributed by atoms with Gasteiger partial charge in [-0.3, -0.25) is 0 Å². The number of ether oxygens (including phenoxy) is 1. The molecule has 0 saturated carbocycles. The van der Waals surface area contributed by atoms with E-state index in [1.165, 1.54) is 54.2 Å². The zero-order valence-corrected chi connectivity index (χ0v) is 21.4. The number of hydrogen-bond donors (Lipinski definition) is 0. The lowest BCUT2D eigenvalue weighted by molar-refractivity contribution is 0.420. The average Bonchev–Trinajstić information content (AvgIpc) is 2.86. The Kier molecular flexibility index (Phi) is 4.89. The Balaban J connectivity index is 1.57. The molecule has 0 bridgehead atoms. The van der Waals surface area contributed by atoms with Crippen LogP contribution in [0.25, 0.3) is 38.4 Å². The van der Waals surface area contributed by atoms with Crippen LogP contribution >= 0.6 is 0 Å². The van der Waals surface area contributed by atoms with Gasteiger partial charge in [0.25, 0.3) is 0 Å². The second kappa shape index (κ2) is 7.85. The van der Waals surface area contributed by atoms with Crippen LogP contribution in [0.15, 0.2) is 84.9 Å². The third kappa shape index (κ3) is 3.36. The molecule has 0 heterocycles. The molecule has 2 heteroatoms. The monoisotopic (exact) mass is 458 g/mol. The second-order valence-electron chi connectivity index (χ2n) is 10.6. The summed E-state index contributed by atoms with van der Waals surface area (Å²) < 4.78 is 5.80. The Morgan fingerprint density at radius 3 is 2.06 bits per heavy atom. The number of fused-ring (bicyclic) bond motifs is 6. The summed E-state index contributed by atoms with van der Waals surface area (Å²) in [5, 5.41) is 9.15. The Morgan fingerprint density at radius 2 is 1.35 bits per heavy atom. The second-order valence-corrected chi connectivity index (χ2v) is 15.6. The van der Waals surface area contributed by atoms with Crippen molar-refractivity contribution in [2.45, 2.75) is 32.0 Å². The van der Waals surface area contributed by atoms with Gasteiger partial charge in [-0.2, -0.15) is 0 Å². The van der Waals surface area contributed by atoms with E-state index in [2.05, 4.69) is 111 Å².